The summed E-state index contributed by atoms with van der Waals surface area (Å²) >= 11 is 0. The van der Waals surface area contributed by atoms with Gasteiger partial charge in [-0.25, -0.2) is 4.98 Å². The maximum absolute atomic E-state index is 12.6. The van der Waals surface area contributed by atoms with Crippen molar-refractivity contribution in [1.82, 2.24) is 14.9 Å². The molecule has 1 aromatic rings. The number of halogens is 2. The lowest BCUT2D eigenvalue weighted by Gasteiger charge is -2.18. The van der Waals surface area contributed by atoms with E-state index in [-0.39, 0.29) is 18.3 Å². The van der Waals surface area contributed by atoms with Crippen LogP contribution in [0, 0.1) is 5.92 Å². The van der Waals surface area contributed by atoms with E-state index in [9.17, 15) is 13.6 Å². The van der Waals surface area contributed by atoms with Crippen molar-refractivity contribution in [1.29, 1.82) is 0 Å². The van der Waals surface area contributed by atoms with E-state index in [1.807, 2.05) is 13.8 Å². The second-order valence-electron chi connectivity index (χ2n) is 4.61. The summed E-state index contributed by atoms with van der Waals surface area (Å²) in [5, 5.41) is 2.91. The molecule has 0 aromatic carbocycles. The zero-order chi connectivity index (χ0) is 14.4. The van der Waals surface area contributed by atoms with Crippen molar-refractivity contribution in [3.05, 3.63) is 18.2 Å². The topological polar surface area (TPSA) is 56.1 Å². The Morgan fingerprint density at radius 1 is 1.53 bits per heavy atom. The Bertz CT molecular complexity index is 407. The summed E-state index contributed by atoms with van der Waals surface area (Å²) in [7, 11) is 1.30. The van der Waals surface area contributed by atoms with Crippen molar-refractivity contribution in [2.45, 2.75) is 39.4 Å². The Kier molecular flexibility index (Phi) is 5.88. The number of carbonyl (C=O) groups is 1. The molecule has 1 atom stereocenters. The molecule has 0 aliphatic rings. The third-order valence-electron chi connectivity index (χ3n) is 2.66. The Morgan fingerprint density at radius 2 is 2.21 bits per heavy atom. The highest BCUT2D eigenvalue weighted by atomic mass is 19.3. The van der Waals surface area contributed by atoms with Crippen LogP contribution < -0.4 is 5.32 Å². The third-order valence-corrected chi connectivity index (χ3v) is 2.66. The minimum Gasteiger partial charge on any atom is -0.468 e. The lowest BCUT2D eigenvalue weighted by molar-refractivity contribution is -0.143. The molecular formula is C12H19F2N3O2. The van der Waals surface area contributed by atoms with E-state index in [0.717, 1.165) is 4.57 Å². The number of ether oxygens (including phenoxy) is 1. The Hall–Kier alpha value is -1.50. The van der Waals surface area contributed by atoms with E-state index in [2.05, 4.69) is 15.0 Å². The maximum atomic E-state index is 12.6. The number of carbonyl (C=O) groups excluding carboxylic acids is 1. The van der Waals surface area contributed by atoms with Crippen molar-refractivity contribution in [3.63, 3.8) is 0 Å². The largest absolute Gasteiger partial charge is 0.468 e. The number of nitrogens with zero attached hydrogens (tertiary/aromatic N) is 2. The van der Waals surface area contributed by atoms with Gasteiger partial charge >= 0.3 is 12.5 Å². The lowest BCUT2D eigenvalue weighted by atomic mass is 10.0. The molecule has 0 aliphatic heterocycles. The molecule has 0 saturated heterocycles. The smallest absolute Gasteiger partial charge is 0.322 e. The van der Waals surface area contributed by atoms with Gasteiger partial charge in [-0.3, -0.25) is 14.7 Å². The fourth-order valence-corrected chi connectivity index (χ4v) is 1.75. The van der Waals surface area contributed by atoms with Crippen molar-refractivity contribution >= 4 is 5.97 Å². The molecule has 1 unspecified atom stereocenters. The lowest BCUT2D eigenvalue weighted by Crippen LogP contribution is -2.38. The molecule has 0 bridgehead atoms. The number of esters is 1. The minimum absolute atomic E-state index is 0.0871. The van der Waals surface area contributed by atoms with Gasteiger partial charge in [-0.15, -0.1) is 0 Å². The van der Waals surface area contributed by atoms with Crippen LogP contribution in [-0.4, -0.2) is 28.7 Å². The van der Waals surface area contributed by atoms with E-state index in [1.54, 1.807) is 0 Å². The summed E-state index contributed by atoms with van der Waals surface area (Å²) in [4.78, 5) is 15.4. The molecule has 1 rings (SSSR count). The van der Waals surface area contributed by atoms with E-state index in [0.29, 0.717) is 6.42 Å². The third kappa shape index (κ3) is 4.59. The van der Waals surface area contributed by atoms with E-state index < -0.39 is 18.6 Å². The van der Waals surface area contributed by atoms with Gasteiger partial charge in [0.05, 0.1) is 13.7 Å². The SMILES string of the molecule is COC(=O)C(CC(C)C)NCc1nccn1C(F)F. The van der Waals surface area contributed by atoms with Gasteiger partial charge in [-0.1, -0.05) is 13.8 Å². The summed E-state index contributed by atoms with van der Waals surface area (Å²) in [5.74, 6) is 0.0722. The first kappa shape index (κ1) is 15.6. The maximum Gasteiger partial charge on any atom is 0.322 e. The van der Waals surface area contributed by atoms with Gasteiger partial charge in [0, 0.05) is 12.4 Å². The van der Waals surface area contributed by atoms with Crippen molar-refractivity contribution in [3.8, 4) is 0 Å². The molecule has 1 aromatic heterocycles. The molecular weight excluding hydrogens is 256 g/mol. The number of methoxy groups -OCH3 is 1. The molecule has 1 N–H and O–H groups in total. The summed E-state index contributed by atoms with van der Waals surface area (Å²) < 4.78 is 30.7. The number of rotatable bonds is 7. The van der Waals surface area contributed by atoms with Gasteiger partial charge in [0.15, 0.2) is 0 Å². The van der Waals surface area contributed by atoms with Crippen molar-refractivity contribution in [2.24, 2.45) is 5.92 Å². The first-order valence-electron chi connectivity index (χ1n) is 6.06. The average Bonchev–Trinajstić information content (AvgIpc) is 2.81. The molecule has 7 heteroatoms. The number of aromatic nitrogens is 2. The van der Waals surface area contributed by atoms with Crippen molar-refractivity contribution in [2.75, 3.05) is 7.11 Å². The molecule has 19 heavy (non-hydrogen) atoms. The molecule has 0 fully saturated rings. The van der Waals surface area contributed by atoms with Gasteiger partial charge in [-0.2, -0.15) is 8.78 Å². The zero-order valence-corrected chi connectivity index (χ0v) is 11.3. The molecule has 1 heterocycles. The first-order chi connectivity index (χ1) is 8.95. The summed E-state index contributed by atoms with van der Waals surface area (Å²) in [6.07, 6.45) is 3.08. The van der Waals surface area contributed by atoms with Crippen LogP contribution in [0.1, 0.15) is 32.6 Å². The quantitative estimate of drug-likeness (QED) is 0.773. The van der Waals surface area contributed by atoms with Gasteiger partial charge in [-0.05, 0) is 12.3 Å². The highest BCUT2D eigenvalue weighted by Crippen LogP contribution is 2.13. The highest BCUT2D eigenvalue weighted by Gasteiger charge is 2.21. The highest BCUT2D eigenvalue weighted by molar-refractivity contribution is 5.75. The molecule has 108 valence electrons. The van der Waals surface area contributed by atoms with Gasteiger partial charge < -0.3 is 4.74 Å². The van der Waals surface area contributed by atoms with Crippen LogP contribution in [0.5, 0.6) is 0 Å². The summed E-state index contributed by atoms with van der Waals surface area (Å²) in [6, 6.07) is -0.521. The van der Waals surface area contributed by atoms with Crippen LogP contribution in [0.4, 0.5) is 8.78 Å². The standard InChI is InChI=1S/C12H19F2N3O2/c1-8(2)6-9(11(18)19-3)16-7-10-15-4-5-17(10)12(13)14/h4-5,8-9,12,16H,6-7H2,1-3H3. The number of alkyl halides is 2. The van der Waals surface area contributed by atoms with E-state index >= 15 is 0 Å². The summed E-state index contributed by atoms with van der Waals surface area (Å²) in [6.45, 7) is 1.39. The normalized spacial score (nSPS) is 13.0. The minimum atomic E-state index is -2.64. The van der Waals surface area contributed by atoms with Crippen LogP contribution >= 0.6 is 0 Å². The number of imidazole rings is 1. The Morgan fingerprint density at radius 3 is 2.74 bits per heavy atom. The van der Waals surface area contributed by atoms with Crippen LogP contribution in [0.25, 0.3) is 0 Å². The van der Waals surface area contributed by atoms with Gasteiger partial charge in [0.25, 0.3) is 0 Å². The first-order valence-corrected chi connectivity index (χ1v) is 6.06. The number of hydrogen-bond donors (Lipinski definition) is 1. The van der Waals surface area contributed by atoms with Crippen LogP contribution in [0.15, 0.2) is 12.4 Å². The molecule has 0 aliphatic carbocycles. The average molecular weight is 275 g/mol. The van der Waals surface area contributed by atoms with E-state index in [1.165, 1.54) is 19.5 Å². The van der Waals surface area contributed by atoms with E-state index in [4.69, 9.17) is 0 Å². The fourth-order valence-electron chi connectivity index (χ4n) is 1.75. The number of hydrogen-bond acceptors (Lipinski definition) is 4. The monoisotopic (exact) mass is 275 g/mol. The predicted molar refractivity (Wildman–Crippen MR) is 65.6 cm³/mol. The van der Waals surface area contributed by atoms with Crippen LogP contribution in [-0.2, 0) is 16.1 Å². The molecule has 0 radical (unpaired) electrons. The number of nitrogens with one attached hydrogen (secondary N) is 1. The second-order valence-corrected chi connectivity index (χ2v) is 4.61. The summed E-state index contributed by atoms with van der Waals surface area (Å²) in [5.41, 5.74) is 0. The van der Waals surface area contributed by atoms with Gasteiger partial charge in [0.2, 0.25) is 0 Å². The second kappa shape index (κ2) is 7.18. The Labute approximate surface area is 111 Å². The van der Waals surface area contributed by atoms with Crippen LogP contribution in [0.2, 0.25) is 0 Å². The molecule has 0 saturated carbocycles. The van der Waals surface area contributed by atoms with Gasteiger partial charge in [0.1, 0.15) is 11.9 Å². The molecule has 5 nitrogen and oxygen atoms in total. The molecule has 0 amide bonds. The molecule has 0 spiro atoms. The Balaban J connectivity index is 2.65. The van der Waals surface area contributed by atoms with Crippen LogP contribution in [0.3, 0.4) is 0 Å². The fraction of sp³-hybridized carbons (Fsp3) is 0.667. The van der Waals surface area contributed by atoms with Crippen molar-refractivity contribution < 1.29 is 18.3 Å². The zero-order valence-electron chi connectivity index (χ0n) is 11.3. The predicted octanol–water partition coefficient (Wildman–Crippen LogP) is 1.96.